The molecule has 0 aliphatic carbocycles. The van der Waals surface area contributed by atoms with E-state index in [1.807, 2.05) is 24.3 Å². The van der Waals surface area contributed by atoms with E-state index in [0.717, 1.165) is 11.3 Å². The van der Waals surface area contributed by atoms with Gasteiger partial charge < -0.3 is 14.6 Å². The van der Waals surface area contributed by atoms with Crippen LogP contribution in [-0.4, -0.2) is 24.1 Å². The lowest BCUT2D eigenvalue weighted by Gasteiger charge is -2.07. The second-order valence-corrected chi connectivity index (χ2v) is 4.72. The highest BCUT2D eigenvalue weighted by Gasteiger charge is 2.06. The zero-order valence-electron chi connectivity index (χ0n) is 12.1. The minimum absolute atomic E-state index is 0.199. The van der Waals surface area contributed by atoms with Crippen LogP contribution < -0.4 is 15.6 Å². The van der Waals surface area contributed by atoms with Gasteiger partial charge in [0, 0.05) is 31.4 Å². The SMILES string of the molecule is COc1cccc(CCNC(=O)c2ccn(C)c(=O)c2)c1. The van der Waals surface area contributed by atoms with E-state index in [4.69, 9.17) is 4.74 Å². The van der Waals surface area contributed by atoms with Crippen molar-refractivity contribution in [2.45, 2.75) is 6.42 Å². The van der Waals surface area contributed by atoms with Crippen LogP contribution in [0.4, 0.5) is 0 Å². The number of hydrogen-bond donors (Lipinski definition) is 1. The molecule has 5 heteroatoms. The highest BCUT2D eigenvalue weighted by molar-refractivity contribution is 5.93. The predicted octanol–water partition coefficient (Wildman–Crippen LogP) is 1.37. The molecule has 2 aromatic rings. The van der Waals surface area contributed by atoms with Crippen LogP contribution in [0.2, 0.25) is 0 Å². The van der Waals surface area contributed by atoms with Crippen molar-refractivity contribution < 1.29 is 9.53 Å². The van der Waals surface area contributed by atoms with E-state index < -0.39 is 0 Å². The molecule has 2 rings (SSSR count). The van der Waals surface area contributed by atoms with E-state index in [2.05, 4.69) is 5.32 Å². The largest absolute Gasteiger partial charge is 0.497 e. The summed E-state index contributed by atoms with van der Waals surface area (Å²) in [5.74, 6) is 0.556. The Morgan fingerprint density at radius 3 is 2.81 bits per heavy atom. The number of hydrogen-bond acceptors (Lipinski definition) is 3. The molecule has 5 nitrogen and oxygen atoms in total. The lowest BCUT2D eigenvalue weighted by atomic mass is 10.1. The first-order valence-electron chi connectivity index (χ1n) is 6.68. The number of pyridine rings is 1. The molecular weight excluding hydrogens is 268 g/mol. The molecule has 110 valence electrons. The molecule has 1 amide bonds. The first kappa shape index (κ1) is 14.8. The molecule has 21 heavy (non-hydrogen) atoms. The number of aryl methyl sites for hydroxylation is 1. The van der Waals surface area contributed by atoms with E-state index >= 15 is 0 Å². The van der Waals surface area contributed by atoms with Crippen molar-refractivity contribution >= 4 is 5.91 Å². The molecule has 0 aliphatic heterocycles. The van der Waals surface area contributed by atoms with Gasteiger partial charge in [-0.2, -0.15) is 0 Å². The predicted molar refractivity (Wildman–Crippen MR) is 80.7 cm³/mol. The Morgan fingerprint density at radius 1 is 1.29 bits per heavy atom. The molecule has 0 bridgehead atoms. The molecule has 0 saturated heterocycles. The van der Waals surface area contributed by atoms with Crippen LogP contribution in [0.15, 0.2) is 47.4 Å². The van der Waals surface area contributed by atoms with Crippen molar-refractivity contribution in [3.8, 4) is 5.75 Å². The maximum Gasteiger partial charge on any atom is 0.251 e. The standard InChI is InChI=1S/C16H18N2O3/c1-18-9-7-13(11-15(18)19)16(20)17-8-6-12-4-3-5-14(10-12)21-2/h3-5,7,9-11H,6,8H2,1-2H3,(H,17,20). The Bertz CT molecular complexity index is 692. The molecule has 1 aromatic carbocycles. The Balaban J connectivity index is 1.91. The molecule has 1 N–H and O–H groups in total. The maximum atomic E-state index is 11.9. The molecule has 1 aromatic heterocycles. The average Bonchev–Trinajstić information content (AvgIpc) is 2.50. The van der Waals surface area contributed by atoms with Crippen LogP contribution in [0, 0.1) is 0 Å². The van der Waals surface area contributed by atoms with E-state index in [0.29, 0.717) is 18.5 Å². The Kier molecular flexibility index (Phi) is 4.77. The second kappa shape index (κ2) is 6.74. The Hall–Kier alpha value is -2.56. The van der Waals surface area contributed by atoms with Gasteiger partial charge in [-0.3, -0.25) is 9.59 Å². The molecule has 1 heterocycles. The van der Waals surface area contributed by atoms with E-state index in [-0.39, 0.29) is 11.5 Å². The number of benzene rings is 1. The molecule has 0 atom stereocenters. The monoisotopic (exact) mass is 286 g/mol. The third-order valence-corrected chi connectivity index (χ3v) is 3.20. The fourth-order valence-corrected chi connectivity index (χ4v) is 1.94. The highest BCUT2D eigenvalue weighted by atomic mass is 16.5. The third-order valence-electron chi connectivity index (χ3n) is 3.20. The van der Waals surface area contributed by atoms with Gasteiger partial charge in [0.15, 0.2) is 0 Å². The van der Waals surface area contributed by atoms with Crippen molar-refractivity contribution in [1.29, 1.82) is 0 Å². The lowest BCUT2D eigenvalue weighted by Crippen LogP contribution is -2.27. The topological polar surface area (TPSA) is 60.3 Å². The third kappa shape index (κ3) is 3.95. The summed E-state index contributed by atoms with van der Waals surface area (Å²) >= 11 is 0. The van der Waals surface area contributed by atoms with Crippen molar-refractivity contribution in [2.24, 2.45) is 7.05 Å². The van der Waals surface area contributed by atoms with E-state index in [1.165, 1.54) is 10.6 Å². The van der Waals surface area contributed by atoms with Crippen LogP contribution in [0.3, 0.4) is 0 Å². The molecule has 0 aliphatic rings. The Labute approximate surface area is 123 Å². The average molecular weight is 286 g/mol. The highest BCUT2D eigenvalue weighted by Crippen LogP contribution is 2.12. The van der Waals surface area contributed by atoms with Crippen molar-refractivity contribution in [1.82, 2.24) is 9.88 Å². The molecule has 0 unspecified atom stereocenters. The molecule has 0 spiro atoms. The summed E-state index contributed by atoms with van der Waals surface area (Å²) in [4.78, 5) is 23.4. The number of aromatic nitrogens is 1. The molecule has 0 fully saturated rings. The van der Waals surface area contributed by atoms with Crippen molar-refractivity contribution in [2.75, 3.05) is 13.7 Å². The number of nitrogens with zero attached hydrogens (tertiary/aromatic N) is 1. The number of amides is 1. The number of rotatable bonds is 5. The minimum atomic E-state index is -0.240. The van der Waals surface area contributed by atoms with Crippen LogP contribution in [-0.2, 0) is 13.5 Å². The lowest BCUT2D eigenvalue weighted by molar-refractivity contribution is 0.0954. The van der Waals surface area contributed by atoms with Gasteiger partial charge in [0.25, 0.3) is 11.5 Å². The molecule has 0 radical (unpaired) electrons. The fraction of sp³-hybridized carbons (Fsp3) is 0.250. The summed E-state index contributed by atoms with van der Waals surface area (Å²) in [5.41, 5.74) is 1.26. The molecular formula is C16H18N2O3. The quantitative estimate of drug-likeness (QED) is 0.903. The van der Waals surface area contributed by atoms with Crippen LogP contribution in [0.25, 0.3) is 0 Å². The minimum Gasteiger partial charge on any atom is -0.497 e. The summed E-state index contributed by atoms with van der Waals surface area (Å²) in [7, 11) is 3.27. The number of methoxy groups -OCH3 is 1. The first-order valence-corrected chi connectivity index (χ1v) is 6.68. The van der Waals surface area contributed by atoms with Crippen LogP contribution in [0.5, 0.6) is 5.75 Å². The normalized spacial score (nSPS) is 10.2. The fourth-order valence-electron chi connectivity index (χ4n) is 1.94. The first-order chi connectivity index (χ1) is 10.1. The molecule has 0 saturated carbocycles. The Morgan fingerprint density at radius 2 is 2.10 bits per heavy atom. The summed E-state index contributed by atoms with van der Waals surface area (Å²) < 4.78 is 6.58. The van der Waals surface area contributed by atoms with Crippen LogP contribution >= 0.6 is 0 Å². The van der Waals surface area contributed by atoms with Gasteiger partial charge in [-0.15, -0.1) is 0 Å². The van der Waals surface area contributed by atoms with Gasteiger partial charge in [-0.25, -0.2) is 0 Å². The van der Waals surface area contributed by atoms with Gasteiger partial charge in [-0.05, 0) is 30.2 Å². The maximum absolute atomic E-state index is 11.9. The van der Waals surface area contributed by atoms with E-state index in [9.17, 15) is 9.59 Å². The van der Waals surface area contributed by atoms with Gasteiger partial charge >= 0.3 is 0 Å². The van der Waals surface area contributed by atoms with Gasteiger partial charge in [-0.1, -0.05) is 12.1 Å². The van der Waals surface area contributed by atoms with E-state index in [1.54, 1.807) is 26.4 Å². The smallest absolute Gasteiger partial charge is 0.251 e. The number of carbonyl (C=O) groups is 1. The number of carbonyl (C=O) groups excluding carboxylic acids is 1. The summed E-state index contributed by atoms with van der Waals surface area (Å²) in [6.45, 7) is 0.501. The van der Waals surface area contributed by atoms with Gasteiger partial charge in [0.2, 0.25) is 0 Å². The summed E-state index contributed by atoms with van der Waals surface area (Å²) in [6.07, 6.45) is 2.28. The van der Waals surface area contributed by atoms with Gasteiger partial charge in [0.05, 0.1) is 7.11 Å². The van der Waals surface area contributed by atoms with Gasteiger partial charge in [0.1, 0.15) is 5.75 Å². The zero-order valence-corrected chi connectivity index (χ0v) is 12.1. The summed E-state index contributed by atoms with van der Waals surface area (Å²) in [5, 5.41) is 2.80. The van der Waals surface area contributed by atoms with Crippen LogP contribution in [0.1, 0.15) is 15.9 Å². The van der Waals surface area contributed by atoms with Crippen molar-refractivity contribution in [3.63, 3.8) is 0 Å². The van der Waals surface area contributed by atoms with Crippen molar-refractivity contribution in [3.05, 3.63) is 64.1 Å². The number of nitrogens with one attached hydrogen (secondary N) is 1. The second-order valence-electron chi connectivity index (χ2n) is 4.72. The number of ether oxygens (including phenoxy) is 1. The zero-order chi connectivity index (χ0) is 15.2. The summed E-state index contributed by atoms with van der Waals surface area (Å²) in [6, 6.07) is 10.7.